The van der Waals surface area contributed by atoms with Crippen molar-refractivity contribution in [3.8, 4) is 0 Å². The minimum absolute atomic E-state index is 0.878. The Morgan fingerprint density at radius 1 is 1.29 bits per heavy atom. The summed E-state index contributed by atoms with van der Waals surface area (Å²) < 4.78 is 0. The molecule has 3 heteroatoms. The van der Waals surface area contributed by atoms with Crippen molar-refractivity contribution in [1.29, 1.82) is 0 Å². The van der Waals surface area contributed by atoms with Gasteiger partial charge < -0.3 is 10.3 Å². The first-order valence-corrected chi connectivity index (χ1v) is 5.67. The number of aromatic amines is 1. The summed E-state index contributed by atoms with van der Waals surface area (Å²) in [7, 11) is 0. The molecular weight excluding hydrogens is 174 g/mol. The molecule has 1 heterocycles. The van der Waals surface area contributed by atoms with Gasteiger partial charge in [-0.15, -0.1) is 0 Å². The van der Waals surface area contributed by atoms with Crippen LogP contribution in [0.1, 0.15) is 43.4 Å². The van der Waals surface area contributed by atoms with E-state index in [-0.39, 0.29) is 0 Å². The van der Waals surface area contributed by atoms with Gasteiger partial charge in [0.25, 0.3) is 0 Å². The molecule has 2 rings (SSSR count). The van der Waals surface area contributed by atoms with Crippen molar-refractivity contribution in [3.63, 3.8) is 0 Å². The molecule has 14 heavy (non-hydrogen) atoms. The Hall–Kier alpha value is -0.830. The van der Waals surface area contributed by atoms with Gasteiger partial charge in [0.2, 0.25) is 0 Å². The topological polar surface area (TPSA) is 40.7 Å². The lowest BCUT2D eigenvalue weighted by Gasteiger charge is -1.97. The number of imidazole rings is 1. The van der Waals surface area contributed by atoms with Crippen LogP contribution in [-0.2, 0) is 19.4 Å². The molecule has 0 bridgehead atoms. The molecule has 0 aliphatic heterocycles. The van der Waals surface area contributed by atoms with E-state index in [4.69, 9.17) is 0 Å². The van der Waals surface area contributed by atoms with Crippen molar-refractivity contribution >= 4 is 0 Å². The number of aryl methyl sites for hydroxylation is 2. The normalized spacial score (nSPS) is 16.4. The summed E-state index contributed by atoms with van der Waals surface area (Å²) in [6, 6.07) is 0. The van der Waals surface area contributed by atoms with E-state index in [1.54, 1.807) is 0 Å². The van der Waals surface area contributed by atoms with E-state index >= 15 is 0 Å². The monoisotopic (exact) mass is 193 g/mol. The Labute approximate surface area is 85.3 Å². The van der Waals surface area contributed by atoms with E-state index in [0.717, 1.165) is 25.3 Å². The molecule has 0 unspecified atom stereocenters. The van der Waals surface area contributed by atoms with E-state index in [1.165, 1.54) is 37.1 Å². The van der Waals surface area contributed by atoms with Crippen LogP contribution in [0.4, 0.5) is 0 Å². The summed E-state index contributed by atoms with van der Waals surface area (Å²) in [6.07, 6.45) is 6.33. The largest absolute Gasteiger partial charge is 0.345 e. The standard InChI is InChI=1S/C11H19N3/c1-2-12-8-11-13-9-6-4-3-5-7-10(9)14-11/h12H,2-8H2,1H3,(H,13,14). The quantitative estimate of drug-likeness (QED) is 0.718. The molecule has 0 spiro atoms. The van der Waals surface area contributed by atoms with Crippen LogP contribution in [0, 0.1) is 0 Å². The highest BCUT2D eigenvalue weighted by Crippen LogP contribution is 2.18. The number of aromatic nitrogens is 2. The van der Waals surface area contributed by atoms with Crippen LogP contribution >= 0.6 is 0 Å². The Morgan fingerprint density at radius 2 is 2.14 bits per heavy atom. The van der Waals surface area contributed by atoms with E-state index in [2.05, 4.69) is 22.2 Å². The summed E-state index contributed by atoms with van der Waals surface area (Å²) in [5.41, 5.74) is 2.70. The smallest absolute Gasteiger partial charge is 0.120 e. The fourth-order valence-corrected chi connectivity index (χ4v) is 2.02. The molecule has 0 atom stereocenters. The van der Waals surface area contributed by atoms with Gasteiger partial charge in [0, 0.05) is 5.69 Å². The third kappa shape index (κ3) is 2.15. The van der Waals surface area contributed by atoms with Gasteiger partial charge in [-0.3, -0.25) is 0 Å². The molecule has 0 fully saturated rings. The predicted molar refractivity (Wildman–Crippen MR) is 57.2 cm³/mol. The summed E-state index contributed by atoms with van der Waals surface area (Å²) in [5.74, 6) is 1.11. The fraction of sp³-hybridized carbons (Fsp3) is 0.727. The number of hydrogen-bond donors (Lipinski definition) is 2. The van der Waals surface area contributed by atoms with Gasteiger partial charge in [0.05, 0.1) is 12.2 Å². The average molecular weight is 193 g/mol. The van der Waals surface area contributed by atoms with Gasteiger partial charge in [0.15, 0.2) is 0 Å². The minimum Gasteiger partial charge on any atom is -0.345 e. The van der Waals surface area contributed by atoms with Crippen LogP contribution in [0.2, 0.25) is 0 Å². The summed E-state index contributed by atoms with van der Waals surface area (Å²) in [6.45, 7) is 4.00. The lowest BCUT2D eigenvalue weighted by molar-refractivity contribution is 0.675. The van der Waals surface area contributed by atoms with E-state index < -0.39 is 0 Å². The molecule has 0 amide bonds. The second kappa shape index (κ2) is 4.60. The summed E-state index contributed by atoms with van der Waals surface area (Å²) in [5, 5.41) is 3.30. The van der Waals surface area contributed by atoms with Crippen LogP contribution in [0.5, 0.6) is 0 Å². The Morgan fingerprint density at radius 3 is 3.00 bits per heavy atom. The Kier molecular flexibility index (Phi) is 3.19. The predicted octanol–water partition coefficient (Wildman–Crippen LogP) is 1.79. The lowest BCUT2D eigenvalue weighted by Crippen LogP contribution is -2.12. The molecule has 2 N–H and O–H groups in total. The first-order chi connectivity index (χ1) is 6.90. The zero-order valence-electron chi connectivity index (χ0n) is 8.90. The molecule has 0 radical (unpaired) electrons. The maximum atomic E-state index is 4.63. The molecule has 1 aliphatic rings. The minimum atomic E-state index is 0.878. The molecule has 0 saturated carbocycles. The Bertz CT molecular complexity index is 267. The highest BCUT2D eigenvalue weighted by molar-refractivity contribution is 5.16. The molecule has 0 saturated heterocycles. The highest BCUT2D eigenvalue weighted by atomic mass is 15.0. The molecule has 0 aromatic carbocycles. The number of nitrogens with one attached hydrogen (secondary N) is 2. The SMILES string of the molecule is CCNCc1nc2c([nH]1)CCCCC2. The highest BCUT2D eigenvalue weighted by Gasteiger charge is 2.12. The zero-order chi connectivity index (χ0) is 9.80. The molecule has 1 aromatic rings. The van der Waals surface area contributed by atoms with E-state index in [1.807, 2.05) is 0 Å². The van der Waals surface area contributed by atoms with Crippen molar-refractivity contribution < 1.29 is 0 Å². The van der Waals surface area contributed by atoms with Crippen molar-refractivity contribution in [3.05, 3.63) is 17.2 Å². The number of H-pyrrole nitrogens is 1. The molecular formula is C11H19N3. The van der Waals surface area contributed by atoms with Gasteiger partial charge in [-0.1, -0.05) is 13.3 Å². The lowest BCUT2D eigenvalue weighted by atomic mass is 10.2. The zero-order valence-corrected chi connectivity index (χ0v) is 8.90. The van der Waals surface area contributed by atoms with Crippen LogP contribution in [0.25, 0.3) is 0 Å². The number of fused-ring (bicyclic) bond motifs is 1. The number of nitrogens with zero attached hydrogens (tertiary/aromatic N) is 1. The molecule has 1 aromatic heterocycles. The second-order valence-corrected chi connectivity index (χ2v) is 3.95. The van der Waals surface area contributed by atoms with Gasteiger partial charge in [-0.05, 0) is 32.2 Å². The van der Waals surface area contributed by atoms with E-state index in [0.29, 0.717) is 0 Å². The van der Waals surface area contributed by atoms with Crippen LogP contribution < -0.4 is 5.32 Å². The van der Waals surface area contributed by atoms with Gasteiger partial charge in [0.1, 0.15) is 5.82 Å². The van der Waals surface area contributed by atoms with Crippen LogP contribution in [-0.4, -0.2) is 16.5 Å². The summed E-state index contributed by atoms with van der Waals surface area (Å²) >= 11 is 0. The maximum Gasteiger partial charge on any atom is 0.120 e. The first-order valence-electron chi connectivity index (χ1n) is 5.67. The van der Waals surface area contributed by atoms with Crippen molar-refractivity contribution in [2.24, 2.45) is 0 Å². The fourth-order valence-electron chi connectivity index (χ4n) is 2.02. The van der Waals surface area contributed by atoms with Crippen molar-refractivity contribution in [2.75, 3.05) is 6.54 Å². The van der Waals surface area contributed by atoms with Crippen LogP contribution in [0.15, 0.2) is 0 Å². The van der Waals surface area contributed by atoms with Crippen molar-refractivity contribution in [1.82, 2.24) is 15.3 Å². The number of hydrogen-bond acceptors (Lipinski definition) is 2. The van der Waals surface area contributed by atoms with Crippen LogP contribution in [0.3, 0.4) is 0 Å². The summed E-state index contributed by atoms with van der Waals surface area (Å²) in [4.78, 5) is 8.07. The second-order valence-electron chi connectivity index (χ2n) is 3.95. The number of rotatable bonds is 3. The molecule has 78 valence electrons. The Balaban J connectivity index is 2.06. The van der Waals surface area contributed by atoms with Gasteiger partial charge in [-0.25, -0.2) is 4.98 Å². The van der Waals surface area contributed by atoms with E-state index in [9.17, 15) is 0 Å². The third-order valence-electron chi connectivity index (χ3n) is 2.80. The molecule has 1 aliphatic carbocycles. The van der Waals surface area contributed by atoms with Gasteiger partial charge in [-0.2, -0.15) is 0 Å². The molecule has 3 nitrogen and oxygen atoms in total. The van der Waals surface area contributed by atoms with Crippen molar-refractivity contribution in [2.45, 2.75) is 45.6 Å². The first kappa shape index (κ1) is 9.71. The third-order valence-corrected chi connectivity index (χ3v) is 2.80. The van der Waals surface area contributed by atoms with Gasteiger partial charge >= 0.3 is 0 Å². The average Bonchev–Trinajstić information content (AvgIpc) is 2.46. The maximum absolute atomic E-state index is 4.63.